The number of alkyl carbamates (subject to hydrolysis) is 1. The Morgan fingerprint density at radius 3 is 2.46 bits per heavy atom. The Kier molecular flexibility index (Phi) is 7.17. The molecule has 0 spiro atoms. The molecule has 0 saturated carbocycles. The van der Waals surface area contributed by atoms with Gasteiger partial charge in [0, 0.05) is 16.8 Å². The van der Waals surface area contributed by atoms with Gasteiger partial charge < -0.3 is 14.4 Å². The maximum absolute atomic E-state index is 15.3. The fourth-order valence-corrected chi connectivity index (χ4v) is 4.55. The van der Waals surface area contributed by atoms with Crippen molar-refractivity contribution < 1.29 is 23.8 Å². The van der Waals surface area contributed by atoms with E-state index in [-0.39, 0.29) is 23.1 Å². The zero-order chi connectivity index (χ0) is 26.5. The number of nitrogens with one attached hydrogen (secondary N) is 1. The minimum atomic E-state index is -1.23. The average Bonchev–Trinajstić information content (AvgIpc) is 2.95. The number of rotatable bonds is 2. The van der Waals surface area contributed by atoms with Gasteiger partial charge in [-0.05, 0) is 89.3 Å². The van der Waals surface area contributed by atoms with Crippen LogP contribution >= 0.6 is 34.2 Å². The van der Waals surface area contributed by atoms with Crippen LogP contribution in [0.5, 0.6) is 0 Å². The third-order valence-corrected chi connectivity index (χ3v) is 6.85. The summed E-state index contributed by atoms with van der Waals surface area (Å²) >= 11 is 8.29. The van der Waals surface area contributed by atoms with E-state index >= 15 is 4.39 Å². The summed E-state index contributed by atoms with van der Waals surface area (Å²) in [6.45, 7) is 12.3. The molecule has 1 aliphatic heterocycles. The number of nitrogens with zero attached hydrogens (tertiary/aromatic N) is 4. The number of aromatic nitrogens is 2. The lowest BCUT2D eigenvalue weighted by Crippen LogP contribution is -2.46. The van der Waals surface area contributed by atoms with Gasteiger partial charge >= 0.3 is 12.2 Å². The van der Waals surface area contributed by atoms with Gasteiger partial charge in [-0.1, -0.05) is 11.6 Å². The molecule has 9 nitrogen and oxygen atoms in total. The van der Waals surface area contributed by atoms with Crippen molar-refractivity contribution in [3.8, 4) is 0 Å². The van der Waals surface area contributed by atoms with Gasteiger partial charge in [-0.15, -0.1) is 0 Å². The quantitative estimate of drug-likeness (QED) is 0.416. The van der Waals surface area contributed by atoms with Crippen molar-refractivity contribution in [2.45, 2.75) is 71.7 Å². The Hall–Kier alpha value is -2.41. The molecule has 190 valence electrons. The Balaban J connectivity index is 2.15. The molecule has 0 radical (unpaired) electrons. The van der Waals surface area contributed by atoms with Crippen LogP contribution in [0.1, 0.15) is 59.9 Å². The van der Waals surface area contributed by atoms with Gasteiger partial charge in [0.15, 0.2) is 16.8 Å². The first-order chi connectivity index (χ1) is 15.9. The highest BCUT2D eigenvalue weighted by molar-refractivity contribution is 14.1. The molecule has 12 heteroatoms. The number of anilines is 1. The Morgan fingerprint density at radius 1 is 1.29 bits per heavy atom. The number of aliphatic imine (C=N–C) groups is 1. The lowest BCUT2D eigenvalue weighted by Gasteiger charge is -2.36. The van der Waals surface area contributed by atoms with E-state index in [1.54, 1.807) is 53.0 Å². The zero-order valence-corrected chi connectivity index (χ0v) is 23.4. The van der Waals surface area contributed by atoms with Crippen molar-refractivity contribution in [3.63, 3.8) is 0 Å². The number of amides is 2. The Morgan fingerprint density at radius 2 is 1.91 bits per heavy atom. The van der Waals surface area contributed by atoms with Crippen LogP contribution in [-0.2, 0) is 16.8 Å². The van der Waals surface area contributed by atoms with E-state index in [1.807, 2.05) is 22.6 Å². The highest BCUT2D eigenvalue weighted by Gasteiger charge is 2.39. The highest BCUT2D eigenvalue weighted by atomic mass is 127. The molecule has 1 aromatic carbocycles. The predicted molar refractivity (Wildman–Crippen MR) is 140 cm³/mol. The summed E-state index contributed by atoms with van der Waals surface area (Å²) in [5, 5.41) is 12.6. The summed E-state index contributed by atoms with van der Waals surface area (Å²) in [5.74, 6) is -0.199. The van der Waals surface area contributed by atoms with Crippen LogP contribution in [0.25, 0.3) is 0 Å². The van der Waals surface area contributed by atoms with Gasteiger partial charge in [0.2, 0.25) is 0 Å². The number of hydrogen-bond donors (Lipinski definition) is 2. The third-order valence-electron chi connectivity index (χ3n) is 5.17. The van der Waals surface area contributed by atoms with Gasteiger partial charge in [-0.2, -0.15) is 0 Å². The first-order valence-corrected chi connectivity index (χ1v) is 12.2. The SMILES string of the molecule is CC(C)(C)OC(=O)NC1=NC(C)(c2cc(N(C(=O)O)C(C)(C)C)ccc2F)Cn2c1nc(Cl)c2I. The van der Waals surface area contributed by atoms with Crippen molar-refractivity contribution in [2.75, 3.05) is 4.90 Å². The summed E-state index contributed by atoms with van der Waals surface area (Å²) < 4.78 is 22.9. The van der Waals surface area contributed by atoms with Crippen LogP contribution in [0.3, 0.4) is 0 Å². The third kappa shape index (κ3) is 5.71. The molecule has 35 heavy (non-hydrogen) atoms. The van der Waals surface area contributed by atoms with E-state index in [0.29, 0.717) is 15.2 Å². The number of carboxylic acid groups (broad SMARTS) is 1. The summed E-state index contributed by atoms with van der Waals surface area (Å²) in [7, 11) is 0. The highest BCUT2D eigenvalue weighted by Crippen LogP contribution is 2.38. The number of ether oxygens (including phenoxy) is 1. The molecule has 1 aromatic heterocycles. The van der Waals surface area contributed by atoms with E-state index in [0.717, 1.165) is 4.90 Å². The van der Waals surface area contributed by atoms with E-state index in [2.05, 4.69) is 15.3 Å². The van der Waals surface area contributed by atoms with Crippen molar-refractivity contribution in [1.82, 2.24) is 14.9 Å². The Bertz CT molecular complexity index is 1220. The molecule has 1 unspecified atom stereocenters. The summed E-state index contributed by atoms with van der Waals surface area (Å²) in [6.07, 6.45) is -1.92. The molecule has 0 aliphatic carbocycles. The lowest BCUT2D eigenvalue weighted by molar-refractivity contribution is 0.0562. The van der Waals surface area contributed by atoms with Crippen molar-refractivity contribution in [1.29, 1.82) is 0 Å². The molecule has 2 aromatic rings. The standard InChI is InChI=1S/C23H28ClFIN5O4/c1-21(2,3)31(20(33)34)12-8-9-14(25)13(10-12)23(7)11-30-16(26)15(24)27-18(30)17(29-23)28-19(32)35-22(4,5)6/h8-10H,11H2,1-7H3,(H,33,34)(H,28,29,32). The van der Waals surface area contributed by atoms with Gasteiger partial charge in [-0.25, -0.2) is 19.0 Å². The number of hydrogen-bond acceptors (Lipinski definition) is 5. The fraction of sp³-hybridized carbons (Fsp3) is 0.478. The smallest absolute Gasteiger partial charge is 0.413 e. The molecule has 2 N–H and O–H groups in total. The van der Waals surface area contributed by atoms with E-state index in [9.17, 15) is 14.7 Å². The normalized spacial score (nSPS) is 17.9. The van der Waals surface area contributed by atoms with Crippen LogP contribution in [0.2, 0.25) is 5.15 Å². The van der Waals surface area contributed by atoms with Crippen molar-refractivity contribution in [3.05, 3.63) is 44.3 Å². The largest absolute Gasteiger partial charge is 0.465 e. The maximum Gasteiger partial charge on any atom is 0.413 e. The first-order valence-electron chi connectivity index (χ1n) is 10.8. The summed E-state index contributed by atoms with van der Waals surface area (Å²) in [4.78, 5) is 34.7. The van der Waals surface area contributed by atoms with Crippen molar-refractivity contribution in [2.24, 2.45) is 4.99 Å². The molecule has 1 atom stereocenters. The number of carbonyl (C=O) groups excluding carboxylic acids is 1. The molecule has 0 saturated heterocycles. The Labute approximate surface area is 221 Å². The van der Waals surface area contributed by atoms with E-state index < -0.39 is 34.7 Å². The average molecular weight is 620 g/mol. The topological polar surface area (TPSA) is 109 Å². The molecule has 2 amide bonds. The van der Waals surface area contributed by atoms with Crippen LogP contribution < -0.4 is 10.2 Å². The maximum atomic E-state index is 15.3. The number of amidine groups is 1. The minimum absolute atomic E-state index is 0.0635. The van der Waals surface area contributed by atoms with Gasteiger partial charge in [-0.3, -0.25) is 15.2 Å². The predicted octanol–water partition coefficient (Wildman–Crippen LogP) is 5.76. The molecule has 3 rings (SSSR count). The molecule has 0 bridgehead atoms. The number of carbonyl (C=O) groups is 2. The lowest BCUT2D eigenvalue weighted by atomic mass is 9.89. The molecule has 2 heterocycles. The molecular weight excluding hydrogens is 592 g/mol. The van der Waals surface area contributed by atoms with Crippen LogP contribution in [0.4, 0.5) is 19.7 Å². The second-order valence-electron chi connectivity index (χ2n) is 10.4. The first kappa shape index (κ1) is 27.2. The van der Waals surface area contributed by atoms with Crippen LogP contribution in [-0.4, -0.2) is 43.8 Å². The number of benzene rings is 1. The van der Waals surface area contributed by atoms with Crippen LogP contribution in [0, 0.1) is 9.52 Å². The molecule has 1 aliphatic rings. The van der Waals surface area contributed by atoms with Crippen molar-refractivity contribution >= 4 is 57.9 Å². The zero-order valence-electron chi connectivity index (χ0n) is 20.5. The monoisotopic (exact) mass is 619 g/mol. The number of imidazole rings is 1. The second kappa shape index (κ2) is 9.23. The molecule has 0 fully saturated rings. The van der Waals surface area contributed by atoms with E-state index in [1.165, 1.54) is 18.2 Å². The summed E-state index contributed by atoms with van der Waals surface area (Å²) in [6, 6.07) is 4.10. The van der Waals surface area contributed by atoms with Gasteiger partial charge in [0.1, 0.15) is 20.7 Å². The second-order valence-corrected chi connectivity index (χ2v) is 11.8. The van der Waals surface area contributed by atoms with Gasteiger partial charge in [0.25, 0.3) is 0 Å². The minimum Gasteiger partial charge on any atom is -0.465 e. The van der Waals surface area contributed by atoms with Crippen LogP contribution in [0.15, 0.2) is 23.2 Å². The fourth-order valence-electron chi connectivity index (χ4n) is 3.85. The summed E-state index contributed by atoms with van der Waals surface area (Å²) in [5.41, 5.74) is -2.31. The van der Waals surface area contributed by atoms with E-state index in [4.69, 9.17) is 16.3 Å². The van der Waals surface area contributed by atoms with Gasteiger partial charge in [0.05, 0.1) is 6.54 Å². The molecular formula is C23H28ClFIN5O4. The number of halogens is 3. The number of fused-ring (bicyclic) bond motifs is 1.